The van der Waals surface area contributed by atoms with Gasteiger partial charge in [-0.15, -0.1) is 0 Å². The van der Waals surface area contributed by atoms with Gasteiger partial charge >= 0.3 is 11.9 Å². The zero-order valence-electron chi connectivity index (χ0n) is 13.5. The highest BCUT2D eigenvalue weighted by Crippen LogP contribution is 2.17. The second kappa shape index (κ2) is 7.45. The topological polar surface area (TPSA) is 94.8 Å². The minimum Gasteiger partial charge on any atom is -0.469 e. The first-order chi connectivity index (χ1) is 11.4. The normalized spacial score (nSPS) is 10.1. The molecule has 1 aromatic carbocycles. The van der Waals surface area contributed by atoms with Gasteiger partial charge in [0.25, 0.3) is 5.91 Å². The second-order valence-electron chi connectivity index (χ2n) is 5.04. The summed E-state index contributed by atoms with van der Waals surface area (Å²) in [7, 11) is 1.28. The molecule has 24 heavy (non-hydrogen) atoms. The first-order valence-corrected chi connectivity index (χ1v) is 7.12. The number of carbonyl (C=O) groups is 3. The fourth-order valence-electron chi connectivity index (χ4n) is 1.99. The Kier molecular flexibility index (Phi) is 5.36. The maximum absolute atomic E-state index is 11.9. The summed E-state index contributed by atoms with van der Waals surface area (Å²) in [6.45, 7) is 2.95. The Morgan fingerprint density at radius 2 is 1.88 bits per heavy atom. The molecule has 126 valence electrons. The molecule has 2 rings (SSSR count). The Hall–Kier alpha value is -3.09. The fourth-order valence-corrected chi connectivity index (χ4v) is 1.99. The van der Waals surface area contributed by atoms with Gasteiger partial charge in [-0.1, -0.05) is 6.07 Å². The maximum Gasteiger partial charge on any atom is 0.342 e. The number of ether oxygens (including phenoxy) is 2. The molecular weight excluding hydrogens is 314 g/mol. The van der Waals surface area contributed by atoms with Crippen molar-refractivity contribution in [3.8, 4) is 0 Å². The van der Waals surface area contributed by atoms with Gasteiger partial charge in [0.2, 0.25) is 0 Å². The van der Waals surface area contributed by atoms with Crippen molar-refractivity contribution in [2.45, 2.75) is 13.8 Å². The molecule has 0 fully saturated rings. The van der Waals surface area contributed by atoms with Gasteiger partial charge in [-0.25, -0.2) is 9.59 Å². The van der Waals surface area contributed by atoms with E-state index in [1.54, 1.807) is 26.0 Å². The van der Waals surface area contributed by atoms with E-state index in [1.165, 1.54) is 25.5 Å². The van der Waals surface area contributed by atoms with E-state index in [-0.39, 0.29) is 5.56 Å². The van der Waals surface area contributed by atoms with E-state index in [1.807, 2.05) is 0 Å². The molecule has 1 aromatic heterocycles. The first-order valence-electron chi connectivity index (χ1n) is 7.12. The van der Waals surface area contributed by atoms with Crippen LogP contribution in [0.2, 0.25) is 0 Å². The van der Waals surface area contributed by atoms with E-state index in [2.05, 4.69) is 10.1 Å². The summed E-state index contributed by atoms with van der Waals surface area (Å²) in [6.07, 6.45) is 1.37. The molecule has 7 nitrogen and oxygen atoms in total. The monoisotopic (exact) mass is 331 g/mol. The Morgan fingerprint density at radius 1 is 1.12 bits per heavy atom. The quantitative estimate of drug-likeness (QED) is 0.846. The van der Waals surface area contributed by atoms with Crippen molar-refractivity contribution in [1.82, 2.24) is 0 Å². The number of hydrogen-bond acceptors (Lipinski definition) is 6. The SMILES string of the molecule is COC(=O)c1ccc(C)c(NC(=O)COC(=O)c2ccoc2C)c1. The molecule has 7 heteroatoms. The lowest BCUT2D eigenvalue weighted by atomic mass is 10.1. The maximum atomic E-state index is 11.9. The van der Waals surface area contributed by atoms with Crippen molar-refractivity contribution in [2.75, 3.05) is 19.0 Å². The second-order valence-corrected chi connectivity index (χ2v) is 5.04. The van der Waals surface area contributed by atoms with Crippen molar-refractivity contribution >= 4 is 23.5 Å². The average Bonchev–Trinajstić information content (AvgIpc) is 3.00. The summed E-state index contributed by atoms with van der Waals surface area (Å²) in [5.41, 5.74) is 1.78. The van der Waals surface area contributed by atoms with E-state index in [9.17, 15) is 14.4 Å². The number of methoxy groups -OCH3 is 1. The molecule has 1 N–H and O–H groups in total. The highest BCUT2D eigenvalue weighted by Gasteiger charge is 2.15. The number of rotatable bonds is 5. The van der Waals surface area contributed by atoms with Gasteiger partial charge in [0.1, 0.15) is 11.3 Å². The Morgan fingerprint density at radius 3 is 2.50 bits per heavy atom. The van der Waals surface area contributed by atoms with Crippen LogP contribution in [0.25, 0.3) is 0 Å². The molecule has 0 spiro atoms. The Balaban J connectivity index is 1.98. The number of esters is 2. The number of nitrogens with one attached hydrogen (secondary N) is 1. The number of hydrogen-bond donors (Lipinski definition) is 1. The third kappa shape index (κ3) is 4.01. The van der Waals surface area contributed by atoms with Gasteiger partial charge in [0.15, 0.2) is 6.61 Å². The summed E-state index contributed by atoms with van der Waals surface area (Å²) >= 11 is 0. The van der Waals surface area contributed by atoms with Crippen LogP contribution in [0.15, 0.2) is 34.9 Å². The van der Waals surface area contributed by atoms with E-state index in [0.717, 1.165) is 5.56 Å². The van der Waals surface area contributed by atoms with Crippen molar-refractivity contribution in [3.05, 3.63) is 53.0 Å². The third-order valence-electron chi connectivity index (χ3n) is 3.35. The average molecular weight is 331 g/mol. The molecular formula is C17H17NO6. The molecule has 0 unspecified atom stereocenters. The molecule has 0 atom stereocenters. The lowest BCUT2D eigenvalue weighted by Crippen LogP contribution is -2.21. The minimum atomic E-state index is -0.642. The van der Waals surface area contributed by atoms with Crippen LogP contribution in [0, 0.1) is 13.8 Å². The summed E-state index contributed by atoms with van der Waals surface area (Å²) in [6, 6.07) is 6.25. The molecule has 2 aromatic rings. The Bertz CT molecular complexity index is 777. The van der Waals surface area contributed by atoms with Crippen LogP contribution in [-0.2, 0) is 14.3 Å². The highest BCUT2D eigenvalue weighted by atomic mass is 16.5. The summed E-state index contributed by atoms with van der Waals surface area (Å²) in [4.78, 5) is 35.3. The number of benzene rings is 1. The summed E-state index contributed by atoms with van der Waals surface area (Å²) in [5.74, 6) is -1.25. The van der Waals surface area contributed by atoms with Crippen LogP contribution in [0.1, 0.15) is 32.0 Å². The van der Waals surface area contributed by atoms with Crippen molar-refractivity contribution in [2.24, 2.45) is 0 Å². The first kappa shape index (κ1) is 17.3. The molecule has 0 aliphatic carbocycles. The van der Waals surface area contributed by atoms with Crippen LogP contribution in [0.5, 0.6) is 0 Å². The lowest BCUT2D eigenvalue weighted by Gasteiger charge is -2.10. The molecule has 0 saturated carbocycles. The van der Waals surface area contributed by atoms with E-state index in [0.29, 0.717) is 17.0 Å². The van der Waals surface area contributed by atoms with Crippen molar-refractivity contribution in [3.63, 3.8) is 0 Å². The van der Waals surface area contributed by atoms with E-state index >= 15 is 0 Å². The van der Waals surface area contributed by atoms with Gasteiger partial charge < -0.3 is 19.2 Å². The van der Waals surface area contributed by atoms with Crippen molar-refractivity contribution < 1.29 is 28.3 Å². The number of aryl methyl sites for hydroxylation is 2. The van der Waals surface area contributed by atoms with Gasteiger partial charge in [0, 0.05) is 5.69 Å². The number of anilines is 1. The fraction of sp³-hybridized carbons (Fsp3) is 0.235. The highest BCUT2D eigenvalue weighted by molar-refractivity contribution is 5.97. The molecule has 0 radical (unpaired) electrons. The van der Waals surface area contributed by atoms with Gasteiger partial charge in [0.05, 0.1) is 18.9 Å². The minimum absolute atomic E-state index is 0.270. The zero-order chi connectivity index (χ0) is 17.7. The van der Waals surface area contributed by atoms with E-state index < -0.39 is 24.5 Å². The predicted molar refractivity (Wildman–Crippen MR) is 84.9 cm³/mol. The number of furan rings is 1. The van der Waals surface area contributed by atoms with Crippen LogP contribution in [0.4, 0.5) is 5.69 Å². The van der Waals surface area contributed by atoms with Crippen LogP contribution >= 0.6 is 0 Å². The number of amides is 1. The lowest BCUT2D eigenvalue weighted by molar-refractivity contribution is -0.119. The summed E-state index contributed by atoms with van der Waals surface area (Å²) < 4.78 is 14.6. The van der Waals surface area contributed by atoms with Gasteiger partial charge in [-0.05, 0) is 37.6 Å². The molecule has 0 saturated heterocycles. The molecule has 1 heterocycles. The predicted octanol–water partition coefficient (Wildman–Crippen LogP) is 2.48. The van der Waals surface area contributed by atoms with Gasteiger partial charge in [-0.2, -0.15) is 0 Å². The van der Waals surface area contributed by atoms with E-state index in [4.69, 9.17) is 9.15 Å². The van der Waals surface area contributed by atoms with Gasteiger partial charge in [-0.3, -0.25) is 4.79 Å². The van der Waals surface area contributed by atoms with Crippen LogP contribution in [0.3, 0.4) is 0 Å². The molecule has 1 amide bonds. The largest absolute Gasteiger partial charge is 0.469 e. The zero-order valence-corrected chi connectivity index (χ0v) is 13.5. The summed E-state index contributed by atoms with van der Waals surface area (Å²) in [5, 5.41) is 2.60. The third-order valence-corrected chi connectivity index (χ3v) is 3.35. The standard InChI is InChI=1S/C17H17NO6/c1-10-4-5-12(16(20)22-3)8-14(10)18-15(19)9-24-17(21)13-6-7-23-11(13)2/h4-8H,9H2,1-3H3,(H,18,19). The number of carbonyl (C=O) groups excluding carboxylic acids is 3. The van der Waals surface area contributed by atoms with Crippen LogP contribution < -0.4 is 5.32 Å². The molecule has 0 aliphatic rings. The molecule has 0 aliphatic heterocycles. The van der Waals surface area contributed by atoms with Crippen molar-refractivity contribution in [1.29, 1.82) is 0 Å². The Labute approximate surface area is 138 Å². The van der Waals surface area contributed by atoms with Crippen LogP contribution in [-0.4, -0.2) is 31.6 Å². The molecule has 0 bridgehead atoms. The smallest absolute Gasteiger partial charge is 0.342 e.